The summed E-state index contributed by atoms with van der Waals surface area (Å²) in [5.41, 5.74) is 0. The van der Waals surface area contributed by atoms with Crippen molar-refractivity contribution in [2.45, 2.75) is 136 Å². The second-order valence-corrected chi connectivity index (χ2v) is 12.2. The number of ether oxygens (including phenoxy) is 1. The molecule has 0 radical (unpaired) electrons. The largest absolute Gasteiger partial charge is 0.379 e. The van der Waals surface area contributed by atoms with E-state index in [1.807, 2.05) is 13.8 Å². The summed E-state index contributed by atoms with van der Waals surface area (Å²) in [7, 11) is 0. The summed E-state index contributed by atoms with van der Waals surface area (Å²) in [5, 5.41) is 0. The Hall–Kier alpha value is -0.630. The van der Waals surface area contributed by atoms with E-state index in [0.29, 0.717) is 35.6 Å². The Labute approximate surface area is 211 Å². The molecular formula is C31H66O2. The van der Waals surface area contributed by atoms with Gasteiger partial charge in [0.15, 0.2) is 0 Å². The monoisotopic (exact) mass is 471 g/mol. The molecule has 202 valence electrons. The predicted molar refractivity (Wildman–Crippen MR) is 153 cm³/mol. The smallest absolute Gasteiger partial charge is 0.135 e. The van der Waals surface area contributed by atoms with Crippen LogP contribution in [0.5, 0.6) is 0 Å². The second-order valence-electron chi connectivity index (χ2n) is 12.2. The van der Waals surface area contributed by atoms with Gasteiger partial charge in [-0.25, -0.2) is 0 Å². The van der Waals surface area contributed by atoms with Crippen LogP contribution in [0, 0.1) is 41.4 Å². The third kappa shape index (κ3) is 54.1. The Morgan fingerprint density at radius 1 is 0.576 bits per heavy atom. The standard InChI is InChI=1S/C8H16O.C8H18.C8H16.C7H16O/c1-6(2)5-8(9)7(3)4;2*1-7(2)5-6-8(3)4;1-6(2)5-8-7(3)4/h6-7H,5H2,1-4H3;7-8H,5-6H2,1-4H3;5-8H,1-4H3;6-7H,5H2,1-4H3/b;;6-5+;. The molecule has 33 heavy (non-hydrogen) atoms. The molecule has 0 atom stereocenters. The molecule has 0 aromatic heterocycles. The van der Waals surface area contributed by atoms with E-state index in [4.69, 9.17) is 4.74 Å². The second kappa shape index (κ2) is 26.0. The van der Waals surface area contributed by atoms with E-state index < -0.39 is 0 Å². The zero-order chi connectivity index (χ0) is 27.1. The molecule has 0 unspecified atom stereocenters. The topological polar surface area (TPSA) is 26.3 Å². The normalized spacial score (nSPS) is 11.4. The number of rotatable bonds is 11. The molecule has 0 spiro atoms. The van der Waals surface area contributed by atoms with Crippen LogP contribution in [-0.4, -0.2) is 18.5 Å². The lowest BCUT2D eigenvalue weighted by molar-refractivity contribution is -0.122. The molecule has 0 N–H and O–H groups in total. The number of carbonyl (C=O) groups excluding carboxylic acids is 1. The van der Waals surface area contributed by atoms with Gasteiger partial charge in [0.25, 0.3) is 0 Å². The first-order valence-electron chi connectivity index (χ1n) is 13.7. The number of allylic oxidation sites excluding steroid dienone is 2. The maximum Gasteiger partial charge on any atom is 0.135 e. The maximum atomic E-state index is 11.0. The van der Waals surface area contributed by atoms with Crippen molar-refractivity contribution >= 4 is 5.78 Å². The van der Waals surface area contributed by atoms with E-state index in [-0.39, 0.29) is 5.92 Å². The number of hydrogen-bond acceptors (Lipinski definition) is 2. The Kier molecular flexibility index (Phi) is 31.2. The minimum Gasteiger partial charge on any atom is -0.379 e. The summed E-state index contributed by atoms with van der Waals surface area (Å²) in [4.78, 5) is 11.0. The maximum absolute atomic E-state index is 11.0. The third-order valence-corrected chi connectivity index (χ3v) is 4.22. The van der Waals surface area contributed by atoms with Crippen LogP contribution in [0.4, 0.5) is 0 Å². The number of Topliss-reactive ketones (excluding diaryl/α,β-unsaturated/α-hetero) is 1. The first-order chi connectivity index (χ1) is 14.9. The summed E-state index contributed by atoms with van der Waals surface area (Å²) in [6, 6.07) is 0. The van der Waals surface area contributed by atoms with E-state index in [2.05, 4.69) is 109 Å². The van der Waals surface area contributed by atoms with Gasteiger partial charge >= 0.3 is 0 Å². The van der Waals surface area contributed by atoms with Gasteiger partial charge in [-0.15, -0.1) is 0 Å². The lowest BCUT2D eigenvalue weighted by Crippen LogP contribution is -2.09. The van der Waals surface area contributed by atoms with Crippen molar-refractivity contribution in [2.24, 2.45) is 41.4 Å². The molecule has 0 bridgehead atoms. The van der Waals surface area contributed by atoms with Gasteiger partial charge in [-0.2, -0.15) is 0 Å². The van der Waals surface area contributed by atoms with Crippen LogP contribution in [0.1, 0.15) is 130 Å². The molecule has 0 fully saturated rings. The molecule has 0 aliphatic heterocycles. The van der Waals surface area contributed by atoms with Crippen LogP contribution < -0.4 is 0 Å². The Bertz CT molecular complexity index is 371. The van der Waals surface area contributed by atoms with Crippen LogP contribution in [-0.2, 0) is 9.53 Å². The highest BCUT2D eigenvalue weighted by Gasteiger charge is 2.08. The Morgan fingerprint density at radius 3 is 1.06 bits per heavy atom. The van der Waals surface area contributed by atoms with E-state index in [0.717, 1.165) is 24.9 Å². The first kappa shape index (κ1) is 39.6. The van der Waals surface area contributed by atoms with Gasteiger partial charge in [-0.1, -0.05) is 122 Å². The molecule has 0 amide bonds. The highest BCUT2D eigenvalue weighted by Crippen LogP contribution is 2.10. The van der Waals surface area contributed by atoms with Gasteiger partial charge < -0.3 is 4.74 Å². The van der Waals surface area contributed by atoms with Gasteiger partial charge in [-0.3, -0.25) is 4.79 Å². The SMILES string of the molecule is CC(C)/C=C/C(C)C.CC(C)CC(=O)C(C)C.CC(C)CCC(C)C.CC(C)COC(C)C. The molecule has 0 aliphatic rings. The predicted octanol–water partition coefficient (Wildman–Crippen LogP) is 10.3. The average Bonchev–Trinajstić information content (AvgIpc) is 2.64. The van der Waals surface area contributed by atoms with Crippen molar-refractivity contribution in [2.75, 3.05) is 6.61 Å². The minimum absolute atomic E-state index is 0.215. The fourth-order valence-electron chi connectivity index (χ4n) is 2.13. The highest BCUT2D eigenvalue weighted by atomic mass is 16.5. The van der Waals surface area contributed by atoms with E-state index >= 15 is 0 Å². The lowest BCUT2D eigenvalue weighted by Gasteiger charge is -2.08. The molecule has 0 aliphatic carbocycles. The average molecular weight is 471 g/mol. The van der Waals surface area contributed by atoms with Gasteiger partial charge in [-0.05, 0) is 49.4 Å². The zero-order valence-corrected chi connectivity index (χ0v) is 25.9. The van der Waals surface area contributed by atoms with Gasteiger partial charge in [0.2, 0.25) is 0 Å². The van der Waals surface area contributed by atoms with Crippen molar-refractivity contribution in [3.63, 3.8) is 0 Å². The molecule has 0 heterocycles. The highest BCUT2D eigenvalue weighted by molar-refractivity contribution is 5.80. The quantitative estimate of drug-likeness (QED) is 0.281. The minimum atomic E-state index is 0.215. The van der Waals surface area contributed by atoms with E-state index in [1.54, 1.807) is 0 Å². The fourth-order valence-corrected chi connectivity index (χ4v) is 2.13. The van der Waals surface area contributed by atoms with Crippen molar-refractivity contribution in [3.8, 4) is 0 Å². The number of carbonyl (C=O) groups is 1. The summed E-state index contributed by atoms with van der Waals surface area (Å²) in [6.45, 7) is 35.2. The Balaban J connectivity index is -0.000000170. The lowest BCUT2D eigenvalue weighted by atomic mass is 9.99. The Morgan fingerprint density at radius 2 is 0.939 bits per heavy atom. The number of ketones is 1. The molecule has 0 aromatic carbocycles. The van der Waals surface area contributed by atoms with Crippen LogP contribution in [0.25, 0.3) is 0 Å². The molecule has 0 saturated heterocycles. The first-order valence-corrected chi connectivity index (χ1v) is 13.7. The molecular weight excluding hydrogens is 404 g/mol. The molecule has 0 saturated carbocycles. The van der Waals surface area contributed by atoms with Crippen LogP contribution in [0.3, 0.4) is 0 Å². The van der Waals surface area contributed by atoms with E-state index in [9.17, 15) is 4.79 Å². The van der Waals surface area contributed by atoms with E-state index in [1.165, 1.54) is 12.8 Å². The molecule has 2 heteroatoms. The van der Waals surface area contributed by atoms with Crippen LogP contribution in [0.2, 0.25) is 0 Å². The fraction of sp³-hybridized carbons (Fsp3) is 0.903. The summed E-state index contributed by atoms with van der Waals surface area (Å²) < 4.78 is 5.30. The van der Waals surface area contributed by atoms with Crippen molar-refractivity contribution in [1.29, 1.82) is 0 Å². The number of hydrogen-bond donors (Lipinski definition) is 0. The van der Waals surface area contributed by atoms with Gasteiger partial charge in [0.05, 0.1) is 6.10 Å². The molecule has 2 nitrogen and oxygen atoms in total. The zero-order valence-electron chi connectivity index (χ0n) is 25.9. The third-order valence-electron chi connectivity index (χ3n) is 4.22. The van der Waals surface area contributed by atoms with Crippen molar-refractivity contribution < 1.29 is 9.53 Å². The van der Waals surface area contributed by atoms with Crippen LogP contribution >= 0.6 is 0 Å². The summed E-state index contributed by atoms with van der Waals surface area (Å²) >= 11 is 0. The van der Waals surface area contributed by atoms with Crippen molar-refractivity contribution in [1.82, 2.24) is 0 Å². The van der Waals surface area contributed by atoms with Gasteiger partial charge in [0.1, 0.15) is 5.78 Å². The molecule has 0 rings (SSSR count). The van der Waals surface area contributed by atoms with Crippen LogP contribution in [0.15, 0.2) is 12.2 Å². The van der Waals surface area contributed by atoms with Crippen molar-refractivity contribution in [3.05, 3.63) is 12.2 Å². The molecule has 0 aromatic rings. The summed E-state index contributed by atoms with van der Waals surface area (Å²) in [5.74, 6) is 4.96. The summed E-state index contributed by atoms with van der Waals surface area (Å²) in [6.07, 6.45) is 8.37. The van der Waals surface area contributed by atoms with Gasteiger partial charge in [0, 0.05) is 18.9 Å².